The zero-order valence-corrected chi connectivity index (χ0v) is 15.4. The summed E-state index contributed by atoms with van der Waals surface area (Å²) in [4.78, 5) is -0.0748. The number of benzene rings is 1. The van der Waals surface area contributed by atoms with Crippen molar-refractivity contribution in [1.29, 1.82) is 0 Å². The van der Waals surface area contributed by atoms with E-state index in [1.165, 1.54) is 0 Å². The minimum atomic E-state index is -1.30. The van der Waals surface area contributed by atoms with Crippen molar-refractivity contribution >= 4 is 10.8 Å². The van der Waals surface area contributed by atoms with Crippen molar-refractivity contribution < 1.29 is 23.2 Å². The first kappa shape index (κ1) is 15.8. The number of methoxy groups -OCH3 is 1. The topological polar surface area (TPSA) is 54.0 Å². The predicted octanol–water partition coefficient (Wildman–Crippen LogP) is 3.28. The molecule has 1 aromatic carbocycles. The van der Waals surface area contributed by atoms with Crippen LogP contribution in [-0.2, 0) is 20.3 Å². The van der Waals surface area contributed by atoms with Gasteiger partial charge in [0.05, 0.1) is 13.7 Å². The van der Waals surface area contributed by atoms with E-state index in [4.69, 9.17) is 18.9 Å². The molecule has 1 aromatic rings. The van der Waals surface area contributed by atoms with Crippen LogP contribution < -0.4 is 9.47 Å². The summed E-state index contributed by atoms with van der Waals surface area (Å²) in [5.41, 5.74) is 0.446. The quantitative estimate of drug-likeness (QED) is 0.778. The van der Waals surface area contributed by atoms with Crippen LogP contribution in [0.2, 0.25) is 0 Å². The molecule has 0 saturated heterocycles. The van der Waals surface area contributed by atoms with Crippen molar-refractivity contribution in [1.82, 2.24) is 0 Å². The number of ether oxygens (including phenoxy) is 4. The smallest absolute Gasteiger partial charge is 0.294 e. The summed E-state index contributed by atoms with van der Waals surface area (Å²) in [6.07, 6.45) is 0. The molecule has 1 unspecified atom stereocenters. The molecule has 3 heterocycles. The second kappa shape index (κ2) is 4.91. The summed E-state index contributed by atoms with van der Waals surface area (Å²) in [6, 6.07) is 5.75. The molecule has 3 atom stereocenters. The van der Waals surface area contributed by atoms with E-state index in [-0.39, 0.29) is 11.8 Å². The van der Waals surface area contributed by atoms with Gasteiger partial charge in [0.2, 0.25) is 0 Å². The van der Waals surface area contributed by atoms with E-state index in [2.05, 4.69) is 0 Å². The van der Waals surface area contributed by atoms with Crippen molar-refractivity contribution in [2.24, 2.45) is 5.92 Å². The molecule has 0 bridgehead atoms. The van der Waals surface area contributed by atoms with Gasteiger partial charge in [0.1, 0.15) is 32.8 Å². The molecule has 130 valence electrons. The average Bonchev–Trinajstić information content (AvgIpc) is 2.74. The average molecular weight is 350 g/mol. The summed E-state index contributed by atoms with van der Waals surface area (Å²) in [5.74, 6) is 1.85. The largest absolute Gasteiger partial charge is 0.496 e. The van der Waals surface area contributed by atoms with E-state index >= 15 is 0 Å². The van der Waals surface area contributed by atoms with Crippen molar-refractivity contribution in [2.75, 3.05) is 13.7 Å². The lowest BCUT2D eigenvalue weighted by Crippen LogP contribution is -2.47. The fourth-order valence-corrected chi connectivity index (χ4v) is 5.24. The molecule has 24 heavy (non-hydrogen) atoms. The Morgan fingerprint density at radius 3 is 2.67 bits per heavy atom. The van der Waals surface area contributed by atoms with Crippen LogP contribution in [0.3, 0.4) is 0 Å². The maximum atomic E-state index is 13.1. The van der Waals surface area contributed by atoms with Gasteiger partial charge in [-0.1, -0.05) is 6.07 Å². The molecule has 0 N–H and O–H groups in total. The van der Waals surface area contributed by atoms with Gasteiger partial charge in [-0.25, -0.2) is 0 Å². The molecule has 3 aliphatic heterocycles. The molecule has 6 heteroatoms. The van der Waals surface area contributed by atoms with Gasteiger partial charge in [0.15, 0.2) is 4.93 Å². The first-order valence-electron chi connectivity index (χ1n) is 8.10. The molecular weight excluding hydrogens is 328 g/mol. The van der Waals surface area contributed by atoms with Crippen LogP contribution in [0.25, 0.3) is 0 Å². The van der Waals surface area contributed by atoms with Crippen LogP contribution in [0.15, 0.2) is 29.0 Å². The molecule has 0 aromatic heterocycles. The molecule has 0 spiro atoms. The molecule has 0 fully saturated rings. The van der Waals surface area contributed by atoms with E-state index in [1.54, 1.807) is 7.11 Å². The Balaban J connectivity index is 1.96. The highest BCUT2D eigenvalue weighted by Crippen LogP contribution is 2.58. The zero-order valence-electron chi connectivity index (χ0n) is 14.5. The molecule has 4 rings (SSSR count). The Morgan fingerprint density at radius 1 is 1.21 bits per heavy atom. The summed E-state index contributed by atoms with van der Waals surface area (Å²) >= 11 is 0. The summed E-state index contributed by atoms with van der Waals surface area (Å²) in [6.45, 7) is 8.21. The minimum absolute atomic E-state index is 0.0292. The molecule has 5 nitrogen and oxygen atoms in total. The van der Waals surface area contributed by atoms with Gasteiger partial charge in [-0.2, -0.15) is 0 Å². The third-order valence-corrected chi connectivity index (χ3v) is 6.89. The normalized spacial score (nSPS) is 31.8. The predicted molar refractivity (Wildman–Crippen MR) is 90.2 cm³/mol. The SMILES string of the molecule is COc1cccc2c1[C@H]1C3=C(OC(C)(C)[C@H]1CO2)OC(C)(C)S3=O. The lowest BCUT2D eigenvalue weighted by atomic mass is 9.73. The molecule has 0 aliphatic carbocycles. The highest BCUT2D eigenvalue weighted by Gasteiger charge is 2.57. The van der Waals surface area contributed by atoms with Gasteiger partial charge in [-0.15, -0.1) is 0 Å². The minimum Gasteiger partial charge on any atom is -0.496 e. The maximum absolute atomic E-state index is 13.1. The van der Waals surface area contributed by atoms with Gasteiger partial charge in [-0.3, -0.25) is 4.21 Å². The Morgan fingerprint density at radius 2 is 1.96 bits per heavy atom. The number of hydrogen-bond donors (Lipinski definition) is 0. The van der Waals surface area contributed by atoms with E-state index in [0.29, 0.717) is 12.6 Å². The van der Waals surface area contributed by atoms with Crippen LogP contribution in [0, 0.1) is 5.92 Å². The van der Waals surface area contributed by atoms with Crippen molar-refractivity contribution in [3.8, 4) is 11.5 Å². The fraction of sp³-hybridized carbons (Fsp3) is 0.556. The van der Waals surface area contributed by atoms with Gasteiger partial charge in [0, 0.05) is 17.4 Å². The second-order valence-electron chi connectivity index (χ2n) is 7.40. The molecule has 0 amide bonds. The van der Waals surface area contributed by atoms with Gasteiger partial charge in [-0.05, 0) is 39.8 Å². The van der Waals surface area contributed by atoms with Crippen LogP contribution in [-0.4, -0.2) is 28.5 Å². The monoisotopic (exact) mass is 350 g/mol. The van der Waals surface area contributed by atoms with E-state index < -0.39 is 21.3 Å². The standard InChI is InChI=1S/C18H22O5S/c1-17(2)10-9-21-12-8-6-7-11(20-5)14(12)13(10)15-16(22-17)23-18(3,4)24(15)19/h6-8,10,13H,9H2,1-5H3/t10-,13-,24?/m0/s1. The van der Waals surface area contributed by atoms with Gasteiger partial charge >= 0.3 is 0 Å². The Hall–Kier alpha value is -1.69. The summed E-state index contributed by atoms with van der Waals surface area (Å²) < 4.78 is 36.7. The summed E-state index contributed by atoms with van der Waals surface area (Å²) in [5, 5.41) is 0. The van der Waals surface area contributed by atoms with Crippen molar-refractivity contribution in [3.05, 3.63) is 34.6 Å². The summed E-state index contributed by atoms with van der Waals surface area (Å²) in [7, 11) is 0.346. The molecule has 0 saturated carbocycles. The molecule has 3 aliphatic rings. The van der Waals surface area contributed by atoms with Gasteiger partial charge < -0.3 is 18.9 Å². The van der Waals surface area contributed by atoms with Crippen molar-refractivity contribution in [3.63, 3.8) is 0 Å². The zero-order chi connectivity index (χ0) is 17.3. The third kappa shape index (κ3) is 2.01. The lowest BCUT2D eigenvalue weighted by Gasteiger charge is -2.45. The second-order valence-corrected chi connectivity index (χ2v) is 9.36. The van der Waals surface area contributed by atoms with Crippen LogP contribution >= 0.6 is 0 Å². The molecule has 0 radical (unpaired) electrons. The van der Waals surface area contributed by atoms with Crippen LogP contribution in [0.4, 0.5) is 0 Å². The Labute approximate surface area is 144 Å². The maximum Gasteiger partial charge on any atom is 0.294 e. The molecular formula is C18H22O5S. The number of hydrogen-bond acceptors (Lipinski definition) is 5. The Kier molecular flexibility index (Phi) is 3.24. The highest BCUT2D eigenvalue weighted by atomic mass is 32.2. The number of rotatable bonds is 1. The first-order valence-corrected chi connectivity index (χ1v) is 9.25. The van der Waals surface area contributed by atoms with Crippen LogP contribution in [0.1, 0.15) is 39.2 Å². The Bertz CT molecular complexity index is 750. The highest BCUT2D eigenvalue weighted by molar-refractivity contribution is 7.90. The van der Waals surface area contributed by atoms with Gasteiger partial charge in [0.25, 0.3) is 5.95 Å². The fourth-order valence-electron chi connectivity index (χ4n) is 3.81. The first-order chi connectivity index (χ1) is 11.3. The van der Waals surface area contributed by atoms with E-state index in [1.807, 2.05) is 45.9 Å². The van der Waals surface area contributed by atoms with E-state index in [9.17, 15) is 4.21 Å². The van der Waals surface area contributed by atoms with Crippen molar-refractivity contribution in [2.45, 2.75) is 44.1 Å². The van der Waals surface area contributed by atoms with E-state index in [0.717, 1.165) is 22.0 Å². The third-order valence-electron chi connectivity index (χ3n) is 5.09. The number of allylic oxidation sites excluding steroid dienone is 1. The number of fused-ring (bicyclic) bond motifs is 4. The lowest BCUT2D eigenvalue weighted by molar-refractivity contribution is -0.125. The van der Waals surface area contributed by atoms with Crippen LogP contribution in [0.5, 0.6) is 11.5 Å².